The number of aliphatic hydroxyl groups is 1. The summed E-state index contributed by atoms with van der Waals surface area (Å²) in [5.41, 5.74) is 5.55. The van der Waals surface area contributed by atoms with Gasteiger partial charge < -0.3 is 10.0 Å². The van der Waals surface area contributed by atoms with Crippen LogP contribution in [0.2, 0.25) is 0 Å². The molecule has 1 aromatic heterocycles. The molecular weight excluding hydrogens is 276 g/mol. The predicted molar refractivity (Wildman–Crippen MR) is 86.8 cm³/mol. The van der Waals surface area contributed by atoms with Crippen LogP contribution in [0, 0.1) is 0 Å². The number of aromatic nitrogens is 1. The fourth-order valence-corrected chi connectivity index (χ4v) is 2.90. The van der Waals surface area contributed by atoms with E-state index in [4.69, 9.17) is 5.11 Å². The molecule has 0 radical (unpaired) electrons. The number of aliphatic hydroxyl groups excluding tert-OH is 1. The van der Waals surface area contributed by atoms with Gasteiger partial charge in [0.15, 0.2) is 0 Å². The van der Waals surface area contributed by atoms with Gasteiger partial charge in [0.25, 0.3) is 0 Å². The van der Waals surface area contributed by atoms with Crippen LogP contribution in [0.25, 0.3) is 11.1 Å². The molecule has 0 atom stereocenters. The van der Waals surface area contributed by atoms with E-state index >= 15 is 0 Å². The van der Waals surface area contributed by atoms with Crippen molar-refractivity contribution in [1.29, 1.82) is 0 Å². The number of hydrogen-bond acceptors (Lipinski definition) is 3. The van der Waals surface area contributed by atoms with Crippen LogP contribution in [0.4, 0.5) is 5.69 Å². The third-order valence-electron chi connectivity index (χ3n) is 4.17. The number of aryl methyl sites for hydroxylation is 2. The van der Waals surface area contributed by atoms with Gasteiger partial charge in [-0.3, -0.25) is 9.78 Å². The summed E-state index contributed by atoms with van der Waals surface area (Å²) in [6.07, 6.45) is 6.67. The molecular formula is C18H20N2O2. The Morgan fingerprint density at radius 3 is 2.86 bits per heavy atom. The minimum Gasteiger partial charge on any atom is -0.396 e. The lowest BCUT2D eigenvalue weighted by atomic mass is 9.96. The number of benzene rings is 1. The van der Waals surface area contributed by atoms with Gasteiger partial charge in [-0.2, -0.15) is 0 Å². The summed E-state index contributed by atoms with van der Waals surface area (Å²) in [7, 11) is 1.83. The van der Waals surface area contributed by atoms with E-state index in [1.807, 2.05) is 31.6 Å². The van der Waals surface area contributed by atoms with E-state index in [0.717, 1.165) is 41.6 Å². The zero-order chi connectivity index (χ0) is 15.5. The zero-order valence-electron chi connectivity index (χ0n) is 12.7. The summed E-state index contributed by atoms with van der Waals surface area (Å²) in [5, 5.41) is 8.94. The molecule has 0 aliphatic carbocycles. The molecule has 3 rings (SSSR count). The topological polar surface area (TPSA) is 53.4 Å². The number of pyridine rings is 1. The van der Waals surface area contributed by atoms with Crippen molar-refractivity contribution in [3.05, 3.63) is 47.8 Å². The second-order valence-electron chi connectivity index (χ2n) is 5.71. The lowest BCUT2D eigenvalue weighted by Gasteiger charge is -2.26. The number of amides is 1. The Morgan fingerprint density at radius 2 is 2.05 bits per heavy atom. The molecule has 1 aliphatic rings. The van der Waals surface area contributed by atoms with Gasteiger partial charge in [-0.1, -0.05) is 6.07 Å². The monoisotopic (exact) mass is 296 g/mol. The summed E-state index contributed by atoms with van der Waals surface area (Å²) in [4.78, 5) is 17.8. The maximum Gasteiger partial charge on any atom is 0.227 e. The second-order valence-corrected chi connectivity index (χ2v) is 5.71. The van der Waals surface area contributed by atoms with E-state index in [2.05, 4.69) is 17.1 Å². The lowest BCUT2D eigenvalue weighted by molar-refractivity contribution is -0.118. The molecule has 4 heteroatoms. The van der Waals surface area contributed by atoms with Crippen molar-refractivity contribution >= 4 is 11.6 Å². The van der Waals surface area contributed by atoms with Crippen LogP contribution in [0.5, 0.6) is 0 Å². The summed E-state index contributed by atoms with van der Waals surface area (Å²) < 4.78 is 0. The smallest absolute Gasteiger partial charge is 0.227 e. The van der Waals surface area contributed by atoms with Crippen molar-refractivity contribution in [2.45, 2.75) is 25.7 Å². The molecule has 2 heterocycles. The molecule has 0 saturated heterocycles. The quantitative estimate of drug-likeness (QED) is 0.943. The third kappa shape index (κ3) is 2.88. The minimum atomic E-state index is 0.174. The zero-order valence-corrected chi connectivity index (χ0v) is 12.7. The minimum absolute atomic E-state index is 0.174. The highest BCUT2D eigenvalue weighted by molar-refractivity contribution is 5.96. The van der Waals surface area contributed by atoms with E-state index in [-0.39, 0.29) is 12.5 Å². The van der Waals surface area contributed by atoms with Crippen molar-refractivity contribution in [1.82, 2.24) is 4.98 Å². The van der Waals surface area contributed by atoms with E-state index in [1.54, 1.807) is 4.90 Å². The van der Waals surface area contributed by atoms with Crippen molar-refractivity contribution in [3.8, 4) is 11.1 Å². The summed E-state index contributed by atoms with van der Waals surface area (Å²) in [6, 6.07) is 8.34. The first-order valence-electron chi connectivity index (χ1n) is 7.63. The number of hydrogen-bond donors (Lipinski definition) is 1. The van der Waals surface area contributed by atoms with Crippen LogP contribution in [0.3, 0.4) is 0 Å². The number of anilines is 1. The molecule has 114 valence electrons. The van der Waals surface area contributed by atoms with E-state index in [0.29, 0.717) is 6.42 Å². The van der Waals surface area contributed by atoms with Crippen LogP contribution >= 0.6 is 0 Å². The Bertz CT molecular complexity index is 697. The number of fused-ring (bicyclic) bond motifs is 1. The Labute approximate surface area is 130 Å². The summed E-state index contributed by atoms with van der Waals surface area (Å²) >= 11 is 0. The Morgan fingerprint density at radius 1 is 1.18 bits per heavy atom. The van der Waals surface area contributed by atoms with Crippen molar-refractivity contribution in [2.24, 2.45) is 0 Å². The van der Waals surface area contributed by atoms with Gasteiger partial charge in [-0.25, -0.2) is 0 Å². The van der Waals surface area contributed by atoms with Crippen molar-refractivity contribution < 1.29 is 9.90 Å². The number of carbonyl (C=O) groups is 1. The fraction of sp³-hybridized carbons (Fsp3) is 0.333. The molecule has 1 aliphatic heterocycles. The Balaban J connectivity index is 1.91. The van der Waals surface area contributed by atoms with Crippen LogP contribution in [0.1, 0.15) is 24.0 Å². The van der Waals surface area contributed by atoms with Crippen molar-refractivity contribution in [2.75, 3.05) is 18.6 Å². The van der Waals surface area contributed by atoms with Gasteiger partial charge in [-0.05, 0) is 54.2 Å². The largest absolute Gasteiger partial charge is 0.396 e. The summed E-state index contributed by atoms with van der Waals surface area (Å²) in [5.74, 6) is 0.174. The highest BCUT2D eigenvalue weighted by Crippen LogP contribution is 2.31. The van der Waals surface area contributed by atoms with E-state index in [1.165, 1.54) is 5.56 Å². The van der Waals surface area contributed by atoms with E-state index < -0.39 is 0 Å². The second kappa shape index (κ2) is 6.28. The molecule has 0 saturated carbocycles. The van der Waals surface area contributed by atoms with Gasteiger partial charge in [0, 0.05) is 43.7 Å². The summed E-state index contributed by atoms with van der Waals surface area (Å²) in [6.45, 7) is 0.198. The molecule has 1 N–H and O–H groups in total. The highest BCUT2D eigenvalue weighted by Gasteiger charge is 2.20. The average molecular weight is 296 g/mol. The van der Waals surface area contributed by atoms with Gasteiger partial charge in [0.05, 0.1) is 0 Å². The molecule has 1 amide bonds. The molecule has 4 nitrogen and oxygen atoms in total. The molecule has 0 fully saturated rings. The number of rotatable bonds is 4. The number of carbonyl (C=O) groups excluding carboxylic acids is 1. The maximum atomic E-state index is 11.8. The first-order chi connectivity index (χ1) is 10.7. The van der Waals surface area contributed by atoms with Gasteiger partial charge >= 0.3 is 0 Å². The molecule has 22 heavy (non-hydrogen) atoms. The lowest BCUT2D eigenvalue weighted by Crippen LogP contribution is -2.30. The predicted octanol–water partition coefficient (Wildman–Crippen LogP) is 2.58. The van der Waals surface area contributed by atoms with Gasteiger partial charge in [0.1, 0.15) is 0 Å². The van der Waals surface area contributed by atoms with Crippen LogP contribution in [-0.2, 0) is 17.6 Å². The van der Waals surface area contributed by atoms with Crippen molar-refractivity contribution in [3.63, 3.8) is 0 Å². The molecule has 0 bridgehead atoms. The molecule has 0 unspecified atom stereocenters. The Kier molecular flexibility index (Phi) is 4.20. The fourth-order valence-electron chi connectivity index (χ4n) is 2.90. The van der Waals surface area contributed by atoms with E-state index in [9.17, 15) is 4.79 Å². The first kappa shape index (κ1) is 14.7. The average Bonchev–Trinajstić information content (AvgIpc) is 2.56. The number of nitrogens with zero attached hydrogens (tertiary/aromatic N) is 2. The third-order valence-corrected chi connectivity index (χ3v) is 4.17. The normalized spacial score (nSPS) is 14.1. The molecule has 0 spiro atoms. The van der Waals surface area contributed by atoms with Crippen LogP contribution in [-0.4, -0.2) is 29.7 Å². The SMILES string of the molecule is CN1C(=O)CCc2cc(-c3cncc(CCCO)c3)ccc21. The maximum absolute atomic E-state index is 11.8. The van der Waals surface area contributed by atoms with Crippen LogP contribution < -0.4 is 4.90 Å². The standard InChI is InChI=1S/C18H20N2O2/c1-20-17-6-4-14(10-15(17)5-7-18(20)22)16-9-13(3-2-8-21)11-19-12-16/h4,6,9-12,21H,2-3,5,7-8H2,1H3. The highest BCUT2D eigenvalue weighted by atomic mass is 16.2. The molecule has 1 aromatic carbocycles. The van der Waals surface area contributed by atoms with Crippen LogP contribution in [0.15, 0.2) is 36.7 Å². The Hall–Kier alpha value is -2.20. The van der Waals surface area contributed by atoms with Gasteiger partial charge in [-0.15, -0.1) is 0 Å². The molecule has 2 aromatic rings. The first-order valence-corrected chi connectivity index (χ1v) is 7.63. The van der Waals surface area contributed by atoms with Gasteiger partial charge in [0.2, 0.25) is 5.91 Å².